The van der Waals surface area contributed by atoms with Crippen molar-refractivity contribution in [1.29, 1.82) is 0 Å². The van der Waals surface area contributed by atoms with E-state index in [2.05, 4.69) is 10.2 Å². The van der Waals surface area contributed by atoms with E-state index in [1.807, 2.05) is 50.2 Å². The van der Waals surface area contributed by atoms with Gasteiger partial charge in [0.25, 0.3) is 5.91 Å². The zero-order valence-electron chi connectivity index (χ0n) is 16.0. The number of anilines is 2. The van der Waals surface area contributed by atoms with Gasteiger partial charge in [-0.25, -0.2) is 4.98 Å². The maximum Gasteiger partial charge on any atom is 0.262 e. The predicted octanol–water partition coefficient (Wildman–Crippen LogP) is 3.77. The van der Waals surface area contributed by atoms with Gasteiger partial charge in [-0.1, -0.05) is 29.5 Å². The summed E-state index contributed by atoms with van der Waals surface area (Å²) in [6.07, 6.45) is 0. The highest BCUT2D eigenvalue weighted by atomic mass is 32.1. The normalized spacial score (nSPS) is 14.3. The molecule has 0 radical (unpaired) electrons. The smallest absolute Gasteiger partial charge is 0.262 e. The van der Waals surface area contributed by atoms with Gasteiger partial charge in [0, 0.05) is 18.8 Å². The van der Waals surface area contributed by atoms with Gasteiger partial charge < -0.3 is 19.7 Å². The largest absolute Gasteiger partial charge is 0.483 e. The molecule has 1 aliphatic rings. The van der Waals surface area contributed by atoms with Crippen LogP contribution in [0.3, 0.4) is 0 Å². The third-order valence-electron chi connectivity index (χ3n) is 4.70. The average molecular weight is 398 g/mol. The molecule has 1 fully saturated rings. The van der Waals surface area contributed by atoms with Crippen LogP contribution < -0.4 is 15.0 Å². The predicted molar refractivity (Wildman–Crippen MR) is 113 cm³/mol. The Morgan fingerprint density at radius 1 is 1.21 bits per heavy atom. The highest BCUT2D eigenvalue weighted by Gasteiger charge is 2.16. The van der Waals surface area contributed by atoms with E-state index in [1.165, 1.54) is 0 Å². The van der Waals surface area contributed by atoms with Crippen molar-refractivity contribution in [2.24, 2.45) is 0 Å². The van der Waals surface area contributed by atoms with Gasteiger partial charge in [-0.3, -0.25) is 4.79 Å². The van der Waals surface area contributed by atoms with E-state index in [0.717, 1.165) is 64.2 Å². The molecular weight excluding hydrogens is 374 g/mol. The van der Waals surface area contributed by atoms with Gasteiger partial charge in [-0.05, 0) is 43.2 Å². The van der Waals surface area contributed by atoms with Crippen molar-refractivity contribution in [3.63, 3.8) is 0 Å². The van der Waals surface area contributed by atoms with Crippen molar-refractivity contribution in [3.8, 4) is 5.75 Å². The zero-order chi connectivity index (χ0) is 19.5. The van der Waals surface area contributed by atoms with E-state index in [4.69, 9.17) is 14.5 Å². The van der Waals surface area contributed by atoms with Gasteiger partial charge in [0.15, 0.2) is 11.7 Å². The molecule has 7 heteroatoms. The van der Waals surface area contributed by atoms with Crippen LogP contribution in [-0.2, 0) is 9.53 Å². The summed E-state index contributed by atoms with van der Waals surface area (Å²) in [6, 6.07) is 11.7. The lowest BCUT2D eigenvalue weighted by Crippen LogP contribution is -2.36. The number of morpholine rings is 1. The molecule has 4 rings (SSSR count). The number of aromatic nitrogens is 1. The number of ether oxygens (including phenoxy) is 2. The van der Waals surface area contributed by atoms with Crippen LogP contribution >= 0.6 is 11.3 Å². The van der Waals surface area contributed by atoms with Gasteiger partial charge in [-0.2, -0.15) is 0 Å². The van der Waals surface area contributed by atoms with E-state index in [1.54, 1.807) is 11.3 Å². The number of rotatable bonds is 5. The summed E-state index contributed by atoms with van der Waals surface area (Å²) in [5.41, 5.74) is 3.74. The fourth-order valence-electron chi connectivity index (χ4n) is 3.24. The molecule has 1 aromatic heterocycles. The molecule has 0 bridgehead atoms. The third kappa shape index (κ3) is 4.10. The number of amides is 1. The van der Waals surface area contributed by atoms with Crippen LogP contribution in [0.25, 0.3) is 10.2 Å². The first-order valence-electron chi connectivity index (χ1n) is 9.32. The quantitative estimate of drug-likeness (QED) is 0.710. The Hall–Kier alpha value is -2.64. The van der Waals surface area contributed by atoms with E-state index >= 15 is 0 Å². The number of carbonyl (C=O) groups excluding carboxylic acids is 1. The van der Waals surface area contributed by atoms with E-state index in [-0.39, 0.29) is 12.5 Å². The number of nitrogens with one attached hydrogen (secondary N) is 1. The van der Waals surface area contributed by atoms with Crippen molar-refractivity contribution in [3.05, 3.63) is 47.5 Å². The fourth-order valence-corrected chi connectivity index (χ4v) is 4.30. The molecule has 2 aromatic carbocycles. The number of fused-ring (bicyclic) bond motifs is 1. The molecule has 1 aliphatic heterocycles. The second-order valence-corrected chi connectivity index (χ2v) is 7.85. The lowest BCUT2D eigenvalue weighted by molar-refractivity contribution is -0.118. The Morgan fingerprint density at radius 2 is 1.96 bits per heavy atom. The third-order valence-corrected chi connectivity index (χ3v) is 5.78. The second kappa shape index (κ2) is 8.16. The van der Waals surface area contributed by atoms with Gasteiger partial charge in [0.2, 0.25) is 0 Å². The molecular formula is C21H23N3O3S. The van der Waals surface area contributed by atoms with Crippen molar-refractivity contribution >= 4 is 38.3 Å². The van der Waals surface area contributed by atoms with Crippen LogP contribution in [0.15, 0.2) is 36.4 Å². The molecule has 3 aromatic rings. The first kappa shape index (κ1) is 18.7. The Labute approximate surface area is 168 Å². The summed E-state index contributed by atoms with van der Waals surface area (Å²) in [5, 5.41) is 3.91. The van der Waals surface area contributed by atoms with Gasteiger partial charge in [0.05, 0.1) is 23.4 Å². The molecule has 0 atom stereocenters. The Balaban J connectivity index is 1.42. The molecule has 1 N–H and O–H groups in total. The minimum atomic E-state index is -0.181. The molecule has 2 heterocycles. The lowest BCUT2D eigenvalue weighted by atomic mass is 10.1. The van der Waals surface area contributed by atoms with Crippen LogP contribution in [0.2, 0.25) is 0 Å². The number of para-hydroxylation sites is 1. The molecule has 1 amide bonds. The molecule has 146 valence electrons. The summed E-state index contributed by atoms with van der Waals surface area (Å²) in [4.78, 5) is 19.3. The van der Waals surface area contributed by atoms with E-state index < -0.39 is 0 Å². The monoisotopic (exact) mass is 397 g/mol. The first-order chi connectivity index (χ1) is 13.6. The summed E-state index contributed by atoms with van der Waals surface area (Å²) in [7, 11) is 0. The molecule has 6 nitrogen and oxygen atoms in total. The van der Waals surface area contributed by atoms with Crippen LogP contribution in [-0.4, -0.2) is 43.8 Å². The maximum atomic E-state index is 12.3. The Bertz CT molecular complexity index is 975. The number of hydrogen-bond donors (Lipinski definition) is 1. The average Bonchev–Trinajstić information content (AvgIpc) is 3.12. The SMILES string of the molecule is Cc1cccc(C)c1OCC(=O)Nc1ccc2nc(N3CCOCC3)sc2c1. The standard InChI is InChI=1S/C21H23N3O3S/c1-14-4-3-5-15(2)20(14)27-13-19(25)22-16-6-7-17-18(12-16)28-21(23-17)24-8-10-26-11-9-24/h3-7,12H,8-11,13H2,1-2H3,(H,22,25). The van der Waals surface area contributed by atoms with Crippen LogP contribution in [0, 0.1) is 13.8 Å². The van der Waals surface area contributed by atoms with Gasteiger partial charge >= 0.3 is 0 Å². The summed E-state index contributed by atoms with van der Waals surface area (Å²) in [5.74, 6) is 0.589. The summed E-state index contributed by atoms with van der Waals surface area (Å²) >= 11 is 1.64. The van der Waals surface area contributed by atoms with Crippen LogP contribution in [0.4, 0.5) is 10.8 Å². The number of aryl methyl sites for hydroxylation is 2. The Morgan fingerprint density at radius 3 is 2.71 bits per heavy atom. The molecule has 1 saturated heterocycles. The number of thiazole rings is 1. The highest BCUT2D eigenvalue weighted by Crippen LogP contribution is 2.31. The number of benzene rings is 2. The van der Waals surface area contributed by atoms with Gasteiger partial charge in [0.1, 0.15) is 5.75 Å². The number of hydrogen-bond acceptors (Lipinski definition) is 6. The molecule has 0 saturated carbocycles. The number of nitrogens with zero attached hydrogens (tertiary/aromatic N) is 2. The summed E-state index contributed by atoms with van der Waals surface area (Å²) < 4.78 is 12.2. The highest BCUT2D eigenvalue weighted by molar-refractivity contribution is 7.22. The first-order valence-corrected chi connectivity index (χ1v) is 10.1. The zero-order valence-corrected chi connectivity index (χ0v) is 16.8. The van der Waals surface area contributed by atoms with Crippen molar-refractivity contribution in [2.45, 2.75) is 13.8 Å². The lowest BCUT2D eigenvalue weighted by Gasteiger charge is -2.25. The van der Waals surface area contributed by atoms with Crippen LogP contribution in [0.5, 0.6) is 5.75 Å². The van der Waals surface area contributed by atoms with Crippen LogP contribution in [0.1, 0.15) is 11.1 Å². The fraction of sp³-hybridized carbons (Fsp3) is 0.333. The van der Waals surface area contributed by atoms with Crippen molar-refractivity contribution in [1.82, 2.24) is 4.98 Å². The molecule has 0 spiro atoms. The number of carbonyl (C=O) groups is 1. The minimum absolute atomic E-state index is 0.0224. The van der Waals surface area contributed by atoms with Crippen molar-refractivity contribution in [2.75, 3.05) is 43.1 Å². The van der Waals surface area contributed by atoms with E-state index in [9.17, 15) is 4.79 Å². The maximum absolute atomic E-state index is 12.3. The molecule has 28 heavy (non-hydrogen) atoms. The summed E-state index contributed by atoms with van der Waals surface area (Å²) in [6.45, 7) is 7.12. The molecule has 0 aliphatic carbocycles. The molecule has 0 unspecified atom stereocenters. The second-order valence-electron chi connectivity index (χ2n) is 6.84. The van der Waals surface area contributed by atoms with E-state index in [0.29, 0.717) is 0 Å². The minimum Gasteiger partial charge on any atom is -0.483 e. The van der Waals surface area contributed by atoms with Gasteiger partial charge in [-0.15, -0.1) is 0 Å². The Kier molecular flexibility index (Phi) is 5.45. The van der Waals surface area contributed by atoms with Crippen molar-refractivity contribution < 1.29 is 14.3 Å². The topological polar surface area (TPSA) is 63.7 Å².